The molecule has 5 nitrogen and oxygen atoms in total. The number of rotatable bonds is 6. The summed E-state index contributed by atoms with van der Waals surface area (Å²) in [6.07, 6.45) is 1.81. The van der Waals surface area contributed by atoms with Crippen LogP contribution in [0.25, 0.3) is 0 Å². The van der Waals surface area contributed by atoms with Gasteiger partial charge in [-0.05, 0) is 30.9 Å². The predicted octanol–water partition coefficient (Wildman–Crippen LogP) is 3.23. The molecule has 0 unspecified atom stereocenters. The first-order valence-corrected chi connectivity index (χ1v) is 8.83. The molecule has 1 aliphatic heterocycles. The largest absolute Gasteiger partial charge is 0.449 e. The van der Waals surface area contributed by atoms with Crippen LogP contribution < -0.4 is 10.9 Å². The Hall–Kier alpha value is -2.37. The normalized spacial score (nSPS) is 15.1. The van der Waals surface area contributed by atoms with Crippen molar-refractivity contribution >= 4 is 6.09 Å². The number of amides is 1. The van der Waals surface area contributed by atoms with Crippen LogP contribution in [-0.2, 0) is 10.4 Å². The quantitative estimate of drug-likeness (QED) is 0.794. The third kappa shape index (κ3) is 3.67. The molecule has 1 heterocycles. The summed E-state index contributed by atoms with van der Waals surface area (Å²) in [5, 5.41) is 0. The van der Waals surface area contributed by atoms with Crippen molar-refractivity contribution in [2.45, 2.75) is 25.4 Å². The molecule has 0 aromatic heterocycles. The van der Waals surface area contributed by atoms with E-state index in [0.717, 1.165) is 37.1 Å². The van der Waals surface area contributed by atoms with Crippen LogP contribution in [0.4, 0.5) is 4.79 Å². The molecule has 2 aromatic carbocycles. The number of carbonyl (C=O) groups is 1. The van der Waals surface area contributed by atoms with Crippen molar-refractivity contribution in [2.24, 2.45) is 0 Å². The van der Waals surface area contributed by atoms with E-state index in [1.165, 1.54) is 0 Å². The predicted molar refractivity (Wildman–Crippen MR) is 97.8 cm³/mol. The number of benzene rings is 2. The van der Waals surface area contributed by atoms with Crippen LogP contribution in [0.1, 0.15) is 30.9 Å². The Morgan fingerprint density at radius 3 is 2.00 bits per heavy atom. The van der Waals surface area contributed by atoms with Gasteiger partial charge in [-0.2, -0.15) is 0 Å². The highest BCUT2D eigenvalue weighted by Gasteiger charge is 2.41. The van der Waals surface area contributed by atoms with Crippen molar-refractivity contribution in [1.82, 2.24) is 15.8 Å². The Bertz CT molecular complexity index is 630. The van der Waals surface area contributed by atoms with Crippen LogP contribution in [0.5, 0.6) is 0 Å². The van der Waals surface area contributed by atoms with Crippen LogP contribution in [0.2, 0.25) is 0 Å². The maximum Gasteiger partial charge on any atom is 0.421 e. The molecule has 0 bridgehead atoms. The number of carbonyl (C=O) groups excluding carboxylic acids is 1. The summed E-state index contributed by atoms with van der Waals surface area (Å²) in [7, 11) is 0. The lowest BCUT2D eigenvalue weighted by Gasteiger charge is -2.43. The number of nitrogens with zero attached hydrogens (tertiary/aromatic N) is 1. The molecule has 0 aliphatic carbocycles. The third-order valence-corrected chi connectivity index (χ3v) is 4.58. The van der Waals surface area contributed by atoms with Crippen LogP contribution in [0.15, 0.2) is 60.7 Å². The summed E-state index contributed by atoms with van der Waals surface area (Å²) in [4.78, 5) is 14.3. The minimum atomic E-state index is -0.633. The summed E-state index contributed by atoms with van der Waals surface area (Å²) in [5.41, 5.74) is 7.57. The molecule has 1 fully saturated rings. The monoisotopic (exact) mass is 339 g/mol. The highest BCUT2D eigenvalue weighted by molar-refractivity contribution is 5.66. The van der Waals surface area contributed by atoms with Gasteiger partial charge in [-0.15, -0.1) is 0 Å². The molecule has 2 N–H and O–H groups in total. The Morgan fingerprint density at radius 1 is 1.00 bits per heavy atom. The molecule has 1 aliphatic rings. The van der Waals surface area contributed by atoms with E-state index in [2.05, 4.69) is 40.0 Å². The molecule has 0 atom stereocenters. The Balaban J connectivity index is 2.05. The number of likely N-dealkylation sites (tertiary alicyclic amines) is 1. The molecule has 3 rings (SSSR count). The van der Waals surface area contributed by atoms with Crippen molar-refractivity contribution < 1.29 is 9.53 Å². The average molecular weight is 339 g/mol. The highest BCUT2D eigenvalue weighted by Crippen LogP contribution is 2.35. The minimum Gasteiger partial charge on any atom is -0.449 e. The Morgan fingerprint density at radius 2 is 1.52 bits per heavy atom. The van der Waals surface area contributed by atoms with Crippen LogP contribution >= 0.6 is 0 Å². The smallest absolute Gasteiger partial charge is 0.421 e. The minimum absolute atomic E-state index is 0.334. The van der Waals surface area contributed by atoms with Crippen molar-refractivity contribution in [3.63, 3.8) is 0 Å². The zero-order valence-electron chi connectivity index (χ0n) is 14.6. The average Bonchev–Trinajstić information content (AvgIpc) is 3.19. The van der Waals surface area contributed by atoms with Crippen LogP contribution in [-0.4, -0.2) is 30.7 Å². The Kier molecular flexibility index (Phi) is 5.68. The summed E-state index contributed by atoms with van der Waals surface area (Å²) in [6.45, 7) is 4.05. The fourth-order valence-corrected chi connectivity index (χ4v) is 3.48. The van der Waals surface area contributed by atoms with Gasteiger partial charge in [0, 0.05) is 13.1 Å². The number of hydrogen-bond acceptors (Lipinski definition) is 4. The van der Waals surface area contributed by atoms with Crippen molar-refractivity contribution in [3.8, 4) is 0 Å². The first-order chi connectivity index (χ1) is 12.3. The van der Waals surface area contributed by atoms with Gasteiger partial charge < -0.3 is 4.74 Å². The molecular weight excluding hydrogens is 314 g/mol. The second kappa shape index (κ2) is 8.14. The zero-order valence-corrected chi connectivity index (χ0v) is 14.6. The van der Waals surface area contributed by atoms with Gasteiger partial charge in [0.25, 0.3) is 0 Å². The highest BCUT2D eigenvalue weighted by atomic mass is 16.5. The first kappa shape index (κ1) is 17.5. The second-order valence-electron chi connectivity index (χ2n) is 6.11. The first-order valence-electron chi connectivity index (χ1n) is 8.83. The zero-order chi connectivity index (χ0) is 17.5. The summed E-state index contributed by atoms with van der Waals surface area (Å²) < 4.78 is 5.04. The van der Waals surface area contributed by atoms with Gasteiger partial charge in [0.05, 0.1) is 6.61 Å². The maximum absolute atomic E-state index is 12.0. The SMILES string of the molecule is CCOC(=O)NNC(c1ccccc1)(c1ccccc1)N1CCCC1. The molecule has 1 saturated heterocycles. The second-order valence-corrected chi connectivity index (χ2v) is 6.11. The molecule has 5 heteroatoms. The van der Waals surface area contributed by atoms with E-state index in [1.54, 1.807) is 6.92 Å². The number of hydrazine groups is 1. The van der Waals surface area contributed by atoms with Gasteiger partial charge in [0.2, 0.25) is 0 Å². The fourth-order valence-electron chi connectivity index (χ4n) is 3.48. The number of nitrogens with one attached hydrogen (secondary N) is 2. The summed E-state index contributed by atoms with van der Waals surface area (Å²) in [5.74, 6) is 0. The lowest BCUT2D eigenvalue weighted by Crippen LogP contribution is -2.61. The van der Waals surface area contributed by atoms with E-state index in [9.17, 15) is 4.79 Å². The molecule has 0 radical (unpaired) electrons. The third-order valence-electron chi connectivity index (χ3n) is 4.58. The standard InChI is InChI=1S/C20H25N3O2/c1-2-25-19(24)21-22-20(23-15-9-10-16-23,17-11-5-3-6-12-17)18-13-7-4-8-14-18/h3-8,11-14,22H,2,9-10,15-16H2,1H3,(H,21,24). The van der Waals surface area contributed by atoms with Gasteiger partial charge in [-0.25, -0.2) is 10.2 Å². The van der Waals surface area contributed by atoms with E-state index in [4.69, 9.17) is 4.74 Å². The van der Waals surface area contributed by atoms with Crippen molar-refractivity contribution in [1.29, 1.82) is 0 Å². The van der Waals surface area contributed by atoms with Gasteiger partial charge in [0.15, 0.2) is 0 Å². The number of ether oxygens (including phenoxy) is 1. The van der Waals surface area contributed by atoms with Crippen LogP contribution in [0, 0.1) is 0 Å². The van der Waals surface area contributed by atoms with Crippen LogP contribution in [0.3, 0.4) is 0 Å². The van der Waals surface area contributed by atoms with E-state index < -0.39 is 11.8 Å². The van der Waals surface area contributed by atoms with E-state index >= 15 is 0 Å². The van der Waals surface area contributed by atoms with Gasteiger partial charge >= 0.3 is 6.09 Å². The molecular formula is C20H25N3O2. The molecule has 132 valence electrons. The van der Waals surface area contributed by atoms with Crippen molar-refractivity contribution in [2.75, 3.05) is 19.7 Å². The summed E-state index contributed by atoms with van der Waals surface area (Å²) in [6, 6.07) is 20.4. The van der Waals surface area contributed by atoms with Gasteiger partial charge in [-0.3, -0.25) is 10.3 Å². The lowest BCUT2D eigenvalue weighted by molar-refractivity contribution is 0.0861. The van der Waals surface area contributed by atoms with Gasteiger partial charge in [-0.1, -0.05) is 60.7 Å². The molecule has 0 saturated carbocycles. The summed E-state index contributed by atoms with van der Waals surface area (Å²) >= 11 is 0. The van der Waals surface area contributed by atoms with Gasteiger partial charge in [0.1, 0.15) is 5.66 Å². The molecule has 1 amide bonds. The molecule has 25 heavy (non-hydrogen) atoms. The number of hydrogen-bond donors (Lipinski definition) is 2. The van der Waals surface area contributed by atoms with E-state index in [-0.39, 0.29) is 0 Å². The van der Waals surface area contributed by atoms with E-state index in [1.807, 2.05) is 36.4 Å². The maximum atomic E-state index is 12.0. The van der Waals surface area contributed by atoms with E-state index in [0.29, 0.717) is 6.61 Å². The molecule has 0 spiro atoms. The lowest BCUT2D eigenvalue weighted by atomic mass is 9.90. The fraction of sp³-hybridized carbons (Fsp3) is 0.350. The Labute approximate surface area is 149 Å². The topological polar surface area (TPSA) is 53.6 Å². The van der Waals surface area contributed by atoms with Crippen molar-refractivity contribution in [3.05, 3.63) is 71.8 Å². The molecule has 2 aromatic rings.